The van der Waals surface area contributed by atoms with Crippen LogP contribution < -0.4 is 14.8 Å². The molecule has 41 heavy (non-hydrogen) atoms. The number of carbonyl (C=O) groups is 1. The predicted molar refractivity (Wildman–Crippen MR) is 157 cm³/mol. The second-order valence-corrected chi connectivity index (χ2v) is 11.7. The molecule has 2 N–H and O–H groups in total. The van der Waals surface area contributed by atoms with Crippen LogP contribution in [0.4, 0.5) is 15.9 Å². The quantitative estimate of drug-likeness (QED) is 0.250. The lowest BCUT2D eigenvalue weighted by molar-refractivity contribution is -0.156. The van der Waals surface area contributed by atoms with Gasteiger partial charge in [0.25, 0.3) is 0 Å². The van der Waals surface area contributed by atoms with Crippen LogP contribution in [0.2, 0.25) is 5.02 Å². The molecule has 0 bridgehead atoms. The van der Waals surface area contributed by atoms with E-state index in [0.29, 0.717) is 47.0 Å². The van der Waals surface area contributed by atoms with Crippen molar-refractivity contribution in [2.45, 2.75) is 71.2 Å². The number of rotatable bonds is 12. The first-order chi connectivity index (χ1) is 19.5. The van der Waals surface area contributed by atoms with Crippen molar-refractivity contribution >= 4 is 40.0 Å². The number of fused-ring (bicyclic) bond motifs is 1. The van der Waals surface area contributed by atoms with Crippen LogP contribution in [-0.2, 0) is 9.53 Å². The van der Waals surface area contributed by atoms with E-state index in [2.05, 4.69) is 15.3 Å². The SMILES string of the molecule is C[C@H](O)CN(CCOc1cc2ncnc(Nc3ccc(F)c(Cl)c3)c2cc1OC1CCCC1)CC(=O)OC(C)(C)C. The van der Waals surface area contributed by atoms with Crippen molar-refractivity contribution in [3.05, 3.63) is 47.5 Å². The van der Waals surface area contributed by atoms with Gasteiger partial charge in [-0.25, -0.2) is 14.4 Å². The fourth-order valence-corrected chi connectivity index (χ4v) is 4.90. The van der Waals surface area contributed by atoms with Crippen molar-refractivity contribution in [2.24, 2.45) is 0 Å². The Labute approximate surface area is 245 Å². The van der Waals surface area contributed by atoms with Gasteiger partial charge in [-0.1, -0.05) is 11.6 Å². The number of halogens is 2. The van der Waals surface area contributed by atoms with Crippen molar-refractivity contribution < 1.29 is 28.5 Å². The van der Waals surface area contributed by atoms with E-state index < -0.39 is 17.5 Å². The molecule has 1 saturated carbocycles. The van der Waals surface area contributed by atoms with E-state index in [0.717, 1.165) is 25.7 Å². The van der Waals surface area contributed by atoms with Crippen LogP contribution >= 0.6 is 11.6 Å². The number of aromatic nitrogens is 2. The Balaban J connectivity index is 1.55. The Hall–Kier alpha value is -3.21. The number of hydrogen-bond donors (Lipinski definition) is 2. The fraction of sp³-hybridized carbons (Fsp3) is 0.500. The zero-order chi connectivity index (χ0) is 29.6. The van der Waals surface area contributed by atoms with Gasteiger partial charge in [-0.3, -0.25) is 9.69 Å². The monoisotopic (exact) mass is 588 g/mol. The van der Waals surface area contributed by atoms with Crippen LogP contribution in [0.5, 0.6) is 11.5 Å². The number of aliphatic hydroxyl groups excluding tert-OH is 1. The summed E-state index contributed by atoms with van der Waals surface area (Å²) in [5, 5.41) is 13.9. The third kappa shape index (κ3) is 9.14. The molecule has 1 aliphatic carbocycles. The highest BCUT2D eigenvalue weighted by Crippen LogP contribution is 2.37. The Morgan fingerprint density at radius 2 is 1.95 bits per heavy atom. The van der Waals surface area contributed by atoms with Gasteiger partial charge in [0.05, 0.1) is 29.3 Å². The predicted octanol–water partition coefficient (Wildman–Crippen LogP) is 5.89. The van der Waals surface area contributed by atoms with E-state index in [1.54, 1.807) is 24.0 Å². The van der Waals surface area contributed by atoms with Gasteiger partial charge in [0, 0.05) is 30.2 Å². The third-order valence-corrected chi connectivity index (χ3v) is 6.73. The van der Waals surface area contributed by atoms with Gasteiger partial charge >= 0.3 is 5.97 Å². The summed E-state index contributed by atoms with van der Waals surface area (Å²) < 4.78 is 31.7. The van der Waals surface area contributed by atoms with Crippen molar-refractivity contribution in [2.75, 3.05) is 31.6 Å². The molecule has 0 amide bonds. The van der Waals surface area contributed by atoms with Gasteiger partial charge in [-0.2, -0.15) is 0 Å². The number of ether oxygens (including phenoxy) is 3. The molecule has 0 unspecified atom stereocenters. The normalized spacial score (nSPS) is 14.8. The minimum Gasteiger partial charge on any atom is -0.488 e. The van der Waals surface area contributed by atoms with E-state index >= 15 is 0 Å². The lowest BCUT2D eigenvalue weighted by atomic mass is 10.2. The summed E-state index contributed by atoms with van der Waals surface area (Å²) in [6, 6.07) is 8.02. The molecule has 1 fully saturated rings. The van der Waals surface area contributed by atoms with Crippen LogP contribution in [-0.4, -0.2) is 70.0 Å². The fourth-order valence-electron chi connectivity index (χ4n) is 4.71. The van der Waals surface area contributed by atoms with Crippen LogP contribution in [0.15, 0.2) is 36.7 Å². The van der Waals surface area contributed by atoms with Crippen LogP contribution in [0, 0.1) is 5.82 Å². The number of aliphatic hydroxyl groups is 1. The standard InChI is InChI=1S/C30H38ClFN4O5/c1-19(37)16-36(17-28(38)41-30(2,3)4)11-12-39-26-15-25-22(14-27(26)40-21-7-5-6-8-21)29(34-18-33-25)35-20-9-10-24(32)23(31)13-20/h9-10,13-15,18-19,21,37H,5-8,11-12,16-17H2,1-4H3,(H,33,34,35)/t19-/m0/s1. The van der Waals surface area contributed by atoms with Crippen molar-refractivity contribution in [3.8, 4) is 11.5 Å². The number of benzene rings is 2. The number of esters is 1. The first-order valence-corrected chi connectivity index (χ1v) is 14.3. The van der Waals surface area contributed by atoms with E-state index in [9.17, 15) is 14.3 Å². The smallest absolute Gasteiger partial charge is 0.320 e. The first-order valence-electron chi connectivity index (χ1n) is 13.9. The summed E-state index contributed by atoms with van der Waals surface area (Å²) in [5.41, 5.74) is 0.609. The molecule has 0 radical (unpaired) electrons. The zero-order valence-corrected chi connectivity index (χ0v) is 24.7. The molecule has 4 rings (SSSR count). The number of carbonyl (C=O) groups excluding carboxylic acids is 1. The molecule has 1 aromatic heterocycles. The Kier molecular flexibility index (Phi) is 10.2. The van der Waals surface area contributed by atoms with Crippen molar-refractivity contribution in [1.82, 2.24) is 14.9 Å². The summed E-state index contributed by atoms with van der Waals surface area (Å²) in [4.78, 5) is 23.0. The van der Waals surface area contributed by atoms with Crippen LogP contribution in [0.3, 0.4) is 0 Å². The van der Waals surface area contributed by atoms with Gasteiger partial charge in [-0.05, 0) is 77.6 Å². The van der Waals surface area contributed by atoms with Gasteiger partial charge in [-0.15, -0.1) is 0 Å². The molecule has 1 atom stereocenters. The molecule has 222 valence electrons. The number of nitrogens with zero attached hydrogens (tertiary/aromatic N) is 3. The first kappa shape index (κ1) is 30.7. The molecule has 9 nitrogen and oxygen atoms in total. The highest BCUT2D eigenvalue weighted by atomic mass is 35.5. The van der Waals surface area contributed by atoms with E-state index in [-0.39, 0.29) is 30.2 Å². The van der Waals surface area contributed by atoms with Crippen LogP contribution in [0.25, 0.3) is 10.9 Å². The van der Waals surface area contributed by atoms with Crippen molar-refractivity contribution in [1.29, 1.82) is 0 Å². The lowest BCUT2D eigenvalue weighted by Gasteiger charge is -2.26. The maximum absolute atomic E-state index is 13.7. The maximum Gasteiger partial charge on any atom is 0.320 e. The molecular weight excluding hydrogens is 551 g/mol. The van der Waals surface area contributed by atoms with E-state index in [1.807, 2.05) is 26.8 Å². The summed E-state index contributed by atoms with van der Waals surface area (Å²) in [5.74, 6) is 0.730. The van der Waals surface area contributed by atoms with Crippen molar-refractivity contribution in [3.63, 3.8) is 0 Å². The molecule has 0 spiro atoms. The minimum absolute atomic E-state index is 0.00519. The van der Waals surface area contributed by atoms with E-state index in [4.69, 9.17) is 25.8 Å². The van der Waals surface area contributed by atoms with E-state index in [1.165, 1.54) is 18.5 Å². The summed E-state index contributed by atoms with van der Waals surface area (Å²) in [6.45, 7) is 8.07. The second kappa shape index (κ2) is 13.6. The van der Waals surface area contributed by atoms with Crippen LogP contribution in [0.1, 0.15) is 53.4 Å². The van der Waals surface area contributed by atoms with Gasteiger partial charge in [0.15, 0.2) is 11.5 Å². The molecule has 3 aromatic rings. The zero-order valence-electron chi connectivity index (χ0n) is 24.0. The second-order valence-electron chi connectivity index (χ2n) is 11.3. The van der Waals surface area contributed by atoms with Gasteiger partial charge in [0.1, 0.15) is 30.2 Å². The molecule has 0 saturated heterocycles. The number of nitrogens with one attached hydrogen (secondary N) is 1. The molecule has 1 aliphatic rings. The minimum atomic E-state index is -0.627. The molecule has 0 aliphatic heterocycles. The maximum atomic E-state index is 13.7. The lowest BCUT2D eigenvalue weighted by Crippen LogP contribution is -2.40. The highest BCUT2D eigenvalue weighted by molar-refractivity contribution is 6.31. The average molecular weight is 589 g/mol. The topological polar surface area (TPSA) is 106 Å². The number of anilines is 2. The molecule has 1 heterocycles. The summed E-state index contributed by atoms with van der Waals surface area (Å²) in [6.07, 6.45) is 5.01. The highest BCUT2D eigenvalue weighted by Gasteiger charge is 2.22. The molecule has 2 aromatic carbocycles. The number of hydrogen-bond acceptors (Lipinski definition) is 9. The third-order valence-electron chi connectivity index (χ3n) is 6.44. The Morgan fingerprint density at radius 1 is 1.20 bits per heavy atom. The Bertz CT molecular complexity index is 1340. The average Bonchev–Trinajstić information content (AvgIpc) is 3.38. The summed E-state index contributed by atoms with van der Waals surface area (Å²) >= 11 is 5.97. The summed E-state index contributed by atoms with van der Waals surface area (Å²) in [7, 11) is 0. The largest absolute Gasteiger partial charge is 0.488 e. The Morgan fingerprint density at radius 3 is 2.63 bits per heavy atom. The molecule has 11 heteroatoms. The van der Waals surface area contributed by atoms with Gasteiger partial charge < -0.3 is 24.6 Å². The van der Waals surface area contributed by atoms with Gasteiger partial charge in [0.2, 0.25) is 0 Å². The molecular formula is C30H38ClFN4O5.